The number of nitrogens with one attached hydrogen (secondary N) is 1. The van der Waals surface area contributed by atoms with Gasteiger partial charge in [0.15, 0.2) is 0 Å². The van der Waals surface area contributed by atoms with E-state index in [0.717, 1.165) is 55.8 Å². The molecule has 5 aromatic rings. The first-order valence-corrected chi connectivity index (χ1v) is 15.2. The lowest BCUT2D eigenvalue weighted by Gasteiger charge is -2.17. The monoisotopic (exact) mass is 586 g/mol. The highest BCUT2D eigenvalue weighted by Gasteiger charge is 2.23. The largest absolute Gasteiger partial charge is 0.356 e. The lowest BCUT2D eigenvalue weighted by Crippen LogP contribution is -2.03. The second kappa shape index (κ2) is 11.7. The van der Waals surface area contributed by atoms with E-state index in [9.17, 15) is 13.0 Å². The number of benzene rings is 4. The van der Waals surface area contributed by atoms with Gasteiger partial charge in [0.25, 0.3) is 10.1 Å². The number of nitrogens with zero attached hydrogens (tertiary/aromatic N) is 2. The molecule has 43 heavy (non-hydrogen) atoms. The minimum atomic E-state index is -4.25. The Morgan fingerprint density at radius 1 is 0.814 bits per heavy atom. The van der Waals surface area contributed by atoms with Crippen LogP contribution < -0.4 is 11.1 Å². The van der Waals surface area contributed by atoms with Crippen LogP contribution in [-0.2, 0) is 17.2 Å². The van der Waals surface area contributed by atoms with Crippen molar-refractivity contribution >= 4 is 43.7 Å². The fourth-order valence-electron chi connectivity index (χ4n) is 5.47. The summed E-state index contributed by atoms with van der Waals surface area (Å²) >= 11 is 0. The van der Waals surface area contributed by atoms with Crippen LogP contribution in [0.3, 0.4) is 0 Å². The number of aromatic nitrogens is 1. The Morgan fingerprint density at radius 3 is 2.05 bits per heavy atom. The van der Waals surface area contributed by atoms with E-state index in [1.165, 1.54) is 12.1 Å². The van der Waals surface area contributed by atoms with Crippen molar-refractivity contribution in [3.05, 3.63) is 144 Å². The number of allylic oxidation sites excluding steroid dienone is 5. The van der Waals surface area contributed by atoms with Gasteiger partial charge in [0, 0.05) is 34.9 Å². The number of aryl methyl sites for hydroxylation is 1. The zero-order valence-corrected chi connectivity index (χ0v) is 24.3. The summed E-state index contributed by atoms with van der Waals surface area (Å²) in [6, 6.07) is 33.0. The van der Waals surface area contributed by atoms with Crippen LogP contribution in [0, 0.1) is 0 Å². The van der Waals surface area contributed by atoms with E-state index in [1.807, 2.05) is 30.4 Å². The zero-order chi connectivity index (χ0) is 30.0. The Morgan fingerprint density at radius 2 is 1.42 bits per heavy atom. The molecule has 1 aliphatic carbocycles. The standard InChI is InChI=1S/C35H30N4O3S/c1-39-32-10-6-5-9-31(32)34(35(39)26-7-3-2-4-8-26)33(24-11-15-27(16-12-24)37-23-36)25-13-17-28(18-14-25)38-29-19-21-30(22-20-29)43(40,41)42/h2-22,38H,23,36H2,1H3,(H,40,41,42). The molecule has 0 saturated carbocycles. The predicted molar refractivity (Wildman–Crippen MR) is 175 cm³/mol. The summed E-state index contributed by atoms with van der Waals surface area (Å²) in [7, 11) is -2.14. The number of hydrogen-bond donors (Lipinski definition) is 3. The van der Waals surface area contributed by atoms with Crippen LogP contribution in [0.2, 0.25) is 0 Å². The SMILES string of the molecule is Cn1c(-c2ccccc2)c(C(=C2C=CC(=NCN)C=C2)c2ccc(Nc3ccc(S(=O)(=O)O)cc3)cc2)c2ccccc21. The average Bonchev–Trinajstić information content (AvgIpc) is 3.31. The molecule has 1 heterocycles. The Kier molecular flexibility index (Phi) is 7.65. The summed E-state index contributed by atoms with van der Waals surface area (Å²) in [4.78, 5) is 4.20. The van der Waals surface area contributed by atoms with Gasteiger partial charge in [-0.25, -0.2) is 0 Å². The molecule has 0 saturated heterocycles. The molecule has 0 unspecified atom stereocenters. The molecule has 0 spiro atoms. The number of para-hydroxylation sites is 1. The maximum Gasteiger partial charge on any atom is 0.294 e. The van der Waals surface area contributed by atoms with Gasteiger partial charge < -0.3 is 15.6 Å². The van der Waals surface area contributed by atoms with E-state index in [0.29, 0.717) is 5.69 Å². The van der Waals surface area contributed by atoms with Crippen LogP contribution >= 0.6 is 0 Å². The lowest BCUT2D eigenvalue weighted by molar-refractivity contribution is 0.483. The fraction of sp³-hybridized carbons (Fsp3) is 0.0571. The molecule has 6 rings (SSSR count). The van der Waals surface area contributed by atoms with Gasteiger partial charge in [-0.05, 0) is 76.9 Å². The second-order valence-corrected chi connectivity index (χ2v) is 11.6. The third-order valence-electron chi connectivity index (χ3n) is 7.45. The van der Waals surface area contributed by atoms with Crippen LogP contribution in [0.4, 0.5) is 11.4 Å². The van der Waals surface area contributed by atoms with Gasteiger partial charge in [-0.1, -0.05) is 72.8 Å². The van der Waals surface area contributed by atoms with Gasteiger partial charge in [-0.3, -0.25) is 9.55 Å². The average molecular weight is 587 g/mol. The van der Waals surface area contributed by atoms with Crippen LogP contribution in [0.15, 0.2) is 143 Å². The highest BCUT2D eigenvalue weighted by Crippen LogP contribution is 2.42. The predicted octanol–water partition coefficient (Wildman–Crippen LogP) is 7.12. The molecule has 0 bridgehead atoms. The van der Waals surface area contributed by atoms with E-state index in [-0.39, 0.29) is 11.6 Å². The summed E-state index contributed by atoms with van der Waals surface area (Å²) in [6.07, 6.45) is 8.15. The molecule has 4 N–H and O–H groups in total. The molecule has 0 amide bonds. The molecule has 1 aromatic heterocycles. The minimum Gasteiger partial charge on any atom is -0.356 e. The van der Waals surface area contributed by atoms with Crippen molar-refractivity contribution in [2.75, 3.05) is 12.0 Å². The van der Waals surface area contributed by atoms with Gasteiger partial charge in [0.2, 0.25) is 0 Å². The molecule has 8 heteroatoms. The second-order valence-electron chi connectivity index (χ2n) is 10.1. The number of anilines is 2. The molecule has 214 valence electrons. The normalized spacial score (nSPS) is 13.0. The Balaban J connectivity index is 1.50. The zero-order valence-electron chi connectivity index (χ0n) is 23.5. The van der Waals surface area contributed by atoms with E-state index >= 15 is 0 Å². The molecule has 1 aliphatic rings. The summed E-state index contributed by atoms with van der Waals surface area (Å²) in [6.45, 7) is 0.227. The van der Waals surface area contributed by atoms with Gasteiger partial charge >= 0.3 is 0 Å². The molecular formula is C35H30N4O3S. The van der Waals surface area contributed by atoms with E-state index < -0.39 is 10.1 Å². The quantitative estimate of drug-likeness (QED) is 0.176. The number of aliphatic imine (C=N–C) groups is 1. The highest BCUT2D eigenvalue weighted by atomic mass is 32.2. The molecular weight excluding hydrogens is 556 g/mol. The molecule has 7 nitrogen and oxygen atoms in total. The van der Waals surface area contributed by atoms with Crippen molar-refractivity contribution in [3.8, 4) is 11.3 Å². The minimum absolute atomic E-state index is 0.151. The smallest absolute Gasteiger partial charge is 0.294 e. The van der Waals surface area contributed by atoms with Crippen LogP contribution in [0.1, 0.15) is 11.1 Å². The lowest BCUT2D eigenvalue weighted by atomic mass is 9.87. The summed E-state index contributed by atoms with van der Waals surface area (Å²) in [5.41, 5.74) is 15.7. The fourth-order valence-corrected chi connectivity index (χ4v) is 5.95. The van der Waals surface area contributed by atoms with Gasteiger partial charge in [-0.2, -0.15) is 8.42 Å². The molecule has 0 atom stereocenters. The van der Waals surface area contributed by atoms with Gasteiger partial charge in [-0.15, -0.1) is 0 Å². The van der Waals surface area contributed by atoms with Crippen molar-refractivity contribution in [1.29, 1.82) is 0 Å². The molecule has 0 fully saturated rings. The maximum atomic E-state index is 11.4. The summed E-state index contributed by atoms with van der Waals surface area (Å²) < 4.78 is 34.3. The van der Waals surface area contributed by atoms with Gasteiger partial charge in [0.1, 0.15) is 0 Å². The summed E-state index contributed by atoms with van der Waals surface area (Å²) in [5.74, 6) is 0. The van der Waals surface area contributed by atoms with Crippen molar-refractivity contribution in [2.45, 2.75) is 4.90 Å². The van der Waals surface area contributed by atoms with Crippen molar-refractivity contribution < 1.29 is 13.0 Å². The van der Waals surface area contributed by atoms with E-state index in [4.69, 9.17) is 5.73 Å². The summed E-state index contributed by atoms with van der Waals surface area (Å²) in [5, 5.41) is 4.46. The number of hydrogen-bond acceptors (Lipinski definition) is 5. The Hall–Kier alpha value is -5.02. The highest BCUT2D eigenvalue weighted by molar-refractivity contribution is 7.85. The third-order valence-corrected chi connectivity index (χ3v) is 8.32. The Bertz CT molecular complexity index is 2020. The third kappa shape index (κ3) is 5.72. The van der Waals surface area contributed by atoms with Crippen molar-refractivity contribution in [1.82, 2.24) is 4.57 Å². The van der Waals surface area contributed by atoms with Crippen molar-refractivity contribution in [2.24, 2.45) is 17.8 Å². The number of fused-ring (bicyclic) bond motifs is 1. The van der Waals surface area contributed by atoms with Gasteiger partial charge in [0.05, 0.1) is 23.0 Å². The number of nitrogens with two attached hydrogens (primary N) is 1. The van der Waals surface area contributed by atoms with Crippen LogP contribution in [0.5, 0.6) is 0 Å². The maximum absolute atomic E-state index is 11.4. The Labute approximate surface area is 250 Å². The molecule has 0 radical (unpaired) electrons. The first-order chi connectivity index (χ1) is 20.8. The van der Waals surface area contributed by atoms with E-state index in [2.05, 4.69) is 94.7 Å². The molecule has 0 aliphatic heterocycles. The topological polar surface area (TPSA) is 110 Å². The van der Waals surface area contributed by atoms with Crippen LogP contribution in [-0.4, -0.2) is 29.9 Å². The first-order valence-electron chi connectivity index (χ1n) is 13.8. The van der Waals surface area contributed by atoms with Crippen LogP contribution in [0.25, 0.3) is 27.7 Å². The first kappa shape index (κ1) is 28.1. The number of rotatable bonds is 7. The van der Waals surface area contributed by atoms with Crippen molar-refractivity contribution in [3.63, 3.8) is 0 Å². The molecule has 4 aromatic carbocycles. The van der Waals surface area contributed by atoms with E-state index in [1.54, 1.807) is 12.1 Å².